The highest BCUT2D eigenvalue weighted by atomic mass is 14.7. The third-order valence-electron chi connectivity index (χ3n) is 12.7. The van der Waals surface area contributed by atoms with Gasteiger partial charge in [0.2, 0.25) is 0 Å². The fourth-order valence-electron chi connectivity index (χ4n) is 10.8. The molecule has 5 rings (SSSR count). The van der Waals surface area contributed by atoms with Crippen molar-refractivity contribution in [2.75, 3.05) is 0 Å². The Labute approximate surface area is 188 Å². The first-order valence-corrected chi connectivity index (χ1v) is 13.9. The average Bonchev–Trinajstić information content (AvgIpc) is 3.25. The highest BCUT2D eigenvalue weighted by molar-refractivity contribution is 5.13. The first-order chi connectivity index (χ1) is 14.2. The molecule has 0 saturated heterocycles. The molecule has 5 aliphatic carbocycles. The van der Waals surface area contributed by atoms with Crippen LogP contribution in [0.5, 0.6) is 0 Å². The van der Waals surface area contributed by atoms with Crippen LogP contribution in [-0.4, -0.2) is 0 Å². The maximum atomic E-state index is 4.43. The molecule has 0 heteroatoms. The van der Waals surface area contributed by atoms with Gasteiger partial charge in [0.15, 0.2) is 0 Å². The minimum Gasteiger partial charge on any atom is -0.0996 e. The van der Waals surface area contributed by atoms with E-state index in [4.69, 9.17) is 0 Å². The van der Waals surface area contributed by atoms with E-state index in [0.29, 0.717) is 16.2 Å². The normalized spacial score (nSPS) is 54.4. The number of allylic oxidation sites excluding steroid dienone is 1. The van der Waals surface area contributed by atoms with Gasteiger partial charge in [-0.05, 0) is 135 Å². The summed E-state index contributed by atoms with van der Waals surface area (Å²) in [5.41, 5.74) is 3.45. The molecule has 30 heavy (non-hydrogen) atoms. The minimum atomic E-state index is 0.619. The molecule has 0 bridgehead atoms. The van der Waals surface area contributed by atoms with E-state index in [1.54, 1.807) is 18.4 Å². The van der Waals surface area contributed by atoms with Crippen LogP contribution in [-0.2, 0) is 0 Å². The van der Waals surface area contributed by atoms with Crippen molar-refractivity contribution >= 4 is 0 Å². The fraction of sp³-hybridized carbons (Fsp3) is 0.933. The summed E-state index contributed by atoms with van der Waals surface area (Å²) in [7, 11) is 0. The quantitative estimate of drug-likeness (QED) is 0.407. The molecular formula is C30H50. The van der Waals surface area contributed by atoms with Gasteiger partial charge in [0.05, 0.1) is 0 Å². The lowest BCUT2D eigenvalue weighted by molar-refractivity contribution is -0.161. The number of rotatable bonds is 3. The van der Waals surface area contributed by atoms with Crippen LogP contribution in [0.25, 0.3) is 0 Å². The van der Waals surface area contributed by atoms with Gasteiger partial charge < -0.3 is 0 Å². The third kappa shape index (κ3) is 3.04. The second kappa shape index (κ2) is 7.38. The Bertz CT molecular complexity index is 676. The van der Waals surface area contributed by atoms with Crippen LogP contribution >= 0.6 is 0 Å². The second-order valence-electron chi connectivity index (χ2n) is 13.9. The predicted molar refractivity (Wildman–Crippen MR) is 129 cm³/mol. The summed E-state index contributed by atoms with van der Waals surface area (Å²) < 4.78 is 0. The van der Waals surface area contributed by atoms with Crippen LogP contribution in [0.4, 0.5) is 0 Å². The summed E-state index contributed by atoms with van der Waals surface area (Å²) in [4.78, 5) is 0. The Morgan fingerprint density at radius 2 is 1.73 bits per heavy atom. The van der Waals surface area contributed by atoms with E-state index in [1.165, 1.54) is 70.6 Å². The molecule has 0 aromatic rings. The topological polar surface area (TPSA) is 0 Å². The van der Waals surface area contributed by atoms with Crippen molar-refractivity contribution in [3.05, 3.63) is 12.2 Å². The van der Waals surface area contributed by atoms with Crippen molar-refractivity contribution in [3.8, 4) is 0 Å². The molecule has 0 radical (unpaired) electrons. The van der Waals surface area contributed by atoms with Gasteiger partial charge in [0.1, 0.15) is 0 Å². The molecular weight excluding hydrogens is 360 g/mol. The van der Waals surface area contributed by atoms with Crippen molar-refractivity contribution in [3.63, 3.8) is 0 Å². The smallest absolute Gasteiger partial charge is 0.0203 e. The van der Waals surface area contributed by atoms with E-state index >= 15 is 0 Å². The molecule has 0 aromatic carbocycles. The van der Waals surface area contributed by atoms with E-state index in [2.05, 4.69) is 41.2 Å². The van der Waals surface area contributed by atoms with Gasteiger partial charge in [-0.25, -0.2) is 0 Å². The zero-order valence-electron chi connectivity index (χ0n) is 20.9. The number of fused-ring (bicyclic) bond motifs is 5. The van der Waals surface area contributed by atoms with Crippen LogP contribution in [0.15, 0.2) is 12.2 Å². The molecule has 10 atom stereocenters. The fourth-order valence-corrected chi connectivity index (χ4v) is 10.8. The van der Waals surface area contributed by atoms with Crippen LogP contribution in [0.3, 0.4) is 0 Å². The Morgan fingerprint density at radius 1 is 0.933 bits per heavy atom. The number of hydrogen-bond donors (Lipinski definition) is 0. The molecule has 170 valence electrons. The maximum Gasteiger partial charge on any atom is -0.0203 e. The Hall–Kier alpha value is -0.260. The molecule has 0 heterocycles. The van der Waals surface area contributed by atoms with E-state index in [0.717, 1.165) is 41.4 Å². The lowest BCUT2D eigenvalue weighted by Gasteiger charge is -2.65. The molecule has 0 amide bonds. The summed E-state index contributed by atoms with van der Waals surface area (Å²) in [5, 5.41) is 0. The molecule has 5 aliphatic rings. The second-order valence-corrected chi connectivity index (χ2v) is 13.9. The molecule has 0 N–H and O–H groups in total. The van der Waals surface area contributed by atoms with Crippen molar-refractivity contribution in [2.24, 2.45) is 57.7 Å². The van der Waals surface area contributed by atoms with Gasteiger partial charge in [-0.3, -0.25) is 0 Å². The Balaban J connectivity index is 1.34. The standard InChI is InChI=1S/C30H50/c1-20-12-17-30(6)27-14-16-29(5)25(22(3)18-23-9-7-8-21(23)2)10-11-26(29)24(27)13-15-28(30,4)19-20/h20,22-27H,2,7-19H2,1,3-6H3/t20?,22?,23?,24?,25?,26?,27?,28-,29?,30?/m0/s1. The van der Waals surface area contributed by atoms with Crippen LogP contribution in [0.1, 0.15) is 118 Å². The third-order valence-corrected chi connectivity index (χ3v) is 12.7. The lowest BCUT2D eigenvalue weighted by atomic mass is 9.39. The summed E-state index contributed by atoms with van der Waals surface area (Å²) in [6.07, 6.45) is 19.3. The summed E-state index contributed by atoms with van der Waals surface area (Å²) in [6.45, 7) is 17.8. The van der Waals surface area contributed by atoms with E-state index in [1.807, 2.05) is 0 Å². The van der Waals surface area contributed by atoms with Gasteiger partial charge in [-0.2, -0.15) is 0 Å². The van der Waals surface area contributed by atoms with E-state index in [-0.39, 0.29) is 0 Å². The molecule has 0 aromatic heterocycles. The Kier molecular flexibility index (Phi) is 5.31. The summed E-state index contributed by atoms with van der Waals surface area (Å²) >= 11 is 0. The van der Waals surface area contributed by atoms with Gasteiger partial charge in [0.25, 0.3) is 0 Å². The van der Waals surface area contributed by atoms with E-state index in [9.17, 15) is 0 Å². The van der Waals surface area contributed by atoms with Gasteiger partial charge >= 0.3 is 0 Å². The molecule has 0 nitrogen and oxygen atoms in total. The first-order valence-electron chi connectivity index (χ1n) is 13.9. The van der Waals surface area contributed by atoms with Crippen molar-refractivity contribution in [2.45, 2.75) is 118 Å². The molecule has 5 saturated carbocycles. The van der Waals surface area contributed by atoms with Crippen molar-refractivity contribution in [1.82, 2.24) is 0 Å². The zero-order chi connectivity index (χ0) is 21.3. The van der Waals surface area contributed by atoms with Gasteiger partial charge in [0, 0.05) is 0 Å². The monoisotopic (exact) mass is 410 g/mol. The largest absolute Gasteiger partial charge is 0.0996 e. The summed E-state index contributed by atoms with van der Waals surface area (Å²) in [6, 6.07) is 0. The summed E-state index contributed by atoms with van der Waals surface area (Å²) in [5.74, 6) is 6.75. The first kappa shape index (κ1) is 21.6. The Morgan fingerprint density at radius 3 is 2.47 bits per heavy atom. The zero-order valence-corrected chi connectivity index (χ0v) is 20.9. The van der Waals surface area contributed by atoms with Crippen LogP contribution in [0.2, 0.25) is 0 Å². The van der Waals surface area contributed by atoms with Crippen molar-refractivity contribution in [1.29, 1.82) is 0 Å². The molecule has 5 fully saturated rings. The van der Waals surface area contributed by atoms with E-state index < -0.39 is 0 Å². The molecule has 9 unspecified atom stereocenters. The molecule has 0 spiro atoms. The average molecular weight is 411 g/mol. The van der Waals surface area contributed by atoms with Crippen LogP contribution < -0.4 is 0 Å². The SMILES string of the molecule is C=C1CCCC1CC(C)C1CCC2C3CC[C@@]4(C)CC(C)CCC4(C)C3CCC12C. The highest BCUT2D eigenvalue weighted by Gasteiger charge is 2.63. The van der Waals surface area contributed by atoms with Crippen LogP contribution in [0, 0.1) is 57.7 Å². The predicted octanol–water partition coefficient (Wildman–Crippen LogP) is 9.05. The highest BCUT2D eigenvalue weighted by Crippen LogP contribution is 2.71. The maximum absolute atomic E-state index is 4.43. The van der Waals surface area contributed by atoms with Gasteiger partial charge in [-0.1, -0.05) is 53.2 Å². The number of hydrogen-bond acceptors (Lipinski definition) is 0. The van der Waals surface area contributed by atoms with Crippen molar-refractivity contribution < 1.29 is 0 Å². The lowest BCUT2D eigenvalue weighted by Crippen LogP contribution is -2.57. The molecule has 0 aliphatic heterocycles. The minimum absolute atomic E-state index is 0.619. The van der Waals surface area contributed by atoms with Gasteiger partial charge in [-0.15, -0.1) is 0 Å².